The fraction of sp³-hybridized carbons (Fsp3) is 0.562. The number of aryl methyl sites for hydroxylation is 2. The van der Waals surface area contributed by atoms with Gasteiger partial charge in [-0.15, -0.1) is 0 Å². The minimum atomic E-state index is -0.483. The van der Waals surface area contributed by atoms with E-state index in [0.29, 0.717) is 6.42 Å². The summed E-state index contributed by atoms with van der Waals surface area (Å²) in [6.07, 6.45) is 0.588. The molecule has 1 aliphatic heterocycles. The summed E-state index contributed by atoms with van der Waals surface area (Å²) in [4.78, 5) is 31.2. The molecule has 114 valence electrons. The Morgan fingerprint density at radius 2 is 1.95 bits per heavy atom. The Morgan fingerprint density at radius 1 is 1.29 bits per heavy atom. The monoisotopic (exact) mass is 289 g/mol. The van der Waals surface area contributed by atoms with Gasteiger partial charge in [-0.1, -0.05) is 20.8 Å². The van der Waals surface area contributed by atoms with E-state index in [1.807, 2.05) is 46.8 Å². The van der Waals surface area contributed by atoms with E-state index in [9.17, 15) is 9.59 Å². The number of hydrogen-bond acceptors (Lipinski definition) is 3. The molecular formula is C16H23N3O2. The zero-order valence-corrected chi connectivity index (χ0v) is 13.3. The van der Waals surface area contributed by atoms with Gasteiger partial charge in [-0.3, -0.25) is 19.5 Å². The molecule has 1 aromatic heterocycles. The lowest BCUT2D eigenvalue weighted by Crippen LogP contribution is -2.65. The highest BCUT2D eigenvalue weighted by Gasteiger charge is 2.42. The molecule has 0 spiro atoms. The van der Waals surface area contributed by atoms with Crippen molar-refractivity contribution in [3.63, 3.8) is 0 Å². The predicted octanol–water partition coefficient (Wildman–Crippen LogP) is 1.96. The summed E-state index contributed by atoms with van der Waals surface area (Å²) in [5.74, 6) is -0.103. The second kappa shape index (κ2) is 5.84. The molecule has 0 saturated carbocycles. The minimum Gasteiger partial charge on any atom is -0.342 e. The van der Waals surface area contributed by atoms with Crippen molar-refractivity contribution in [1.29, 1.82) is 0 Å². The molecule has 2 atom stereocenters. The third kappa shape index (κ3) is 2.77. The van der Waals surface area contributed by atoms with Gasteiger partial charge in [0.25, 0.3) is 0 Å². The lowest BCUT2D eigenvalue weighted by atomic mass is 9.95. The number of aromatic nitrogens is 1. The van der Waals surface area contributed by atoms with E-state index < -0.39 is 12.1 Å². The normalized spacial score (nSPS) is 22.7. The number of rotatable bonds is 3. The van der Waals surface area contributed by atoms with Gasteiger partial charge in [0.1, 0.15) is 12.1 Å². The summed E-state index contributed by atoms with van der Waals surface area (Å²) in [5, 5.41) is 2.83. The minimum absolute atomic E-state index is 0.0347. The molecule has 1 aliphatic rings. The van der Waals surface area contributed by atoms with Gasteiger partial charge in [-0.25, -0.2) is 0 Å². The topological polar surface area (TPSA) is 62.3 Å². The molecule has 21 heavy (non-hydrogen) atoms. The molecule has 2 amide bonds. The van der Waals surface area contributed by atoms with Crippen molar-refractivity contribution in [2.75, 3.05) is 4.90 Å². The standard InChI is InChI=1S/C16H23N3O2/c1-6-12-16(21)19(14(9(2)3)15(20)18-12)13-8-7-10(4)17-11(13)5/h7-9,12,14H,6H2,1-5H3,(H,18,20). The Bertz CT molecular complexity index is 569. The van der Waals surface area contributed by atoms with Gasteiger partial charge >= 0.3 is 0 Å². The molecule has 1 saturated heterocycles. The van der Waals surface area contributed by atoms with Crippen molar-refractivity contribution >= 4 is 17.5 Å². The first-order chi connectivity index (χ1) is 9.86. The van der Waals surface area contributed by atoms with Crippen molar-refractivity contribution in [1.82, 2.24) is 10.3 Å². The lowest BCUT2D eigenvalue weighted by Gasteiger charge is -2.41. The second-order valence-corrected chi connectivity index (χ2v) is 5.92. The first kappa shape index (κ1) is 15.5. The van der Waals surface area contributed by atoms with Crippen LogP contribution in [0.15, 0.2) is 12.1 Å². The summed E-state index contributed by atoms with van der Waals surface area (Å²) >= 11 is 0. The highest BCUT2D eigenvalue weighted by atomic mass is 16.2. The number of piperazine rings is 1. The zero-order chi connectivity index (χ0) is 15.7. The van der Waals surface area contributed by atoms with Gasteiger partial charge in [0, 0.05) is 5.69 Å². The molecule has 0 aromatic carbocycles. The van der Waals surface area contributed by atoms with Gasteiger partial charge in [-0.05, 0) is 38.3 Å². The van der Waals surface area contributed by atoms with E-state index in [1.54, 1.807) is 4.90 Å². The van der Waals surface area contributed by atoms with Crippen LogP contribution in [0.4, 0.5) is 5.69 Å². The van der Waals surface area contributed by atoms with Crippen LogP contribution in [0.5, 0.6) is 0 Å². The van der Waals surface area contributed by atoms with E-state index in [1.165, 1.54) is 0 Å². The van der Waals surface area contributed by atoms with Crippen LogP contribution >= 0.6 is 0 Å². The summed E-state index contributed by atoms with van der Waals surface area (Å²) in [5.41, 5.74) is 2.41. The largest absolute Gasteiger partial charge is 0.342 e. The molecule has 2 heterocycles. The molecule has 1 fully saturated rings. The summed E-state index contributed by atoms with van der Waals surface area (Å²) in [6.45, 7) is 9.59. The average molecular weight is 289 g/mol. The lowest BCUT2D eigenvalue weighted by molar-refractivity contribution is -0.134. The van der Waals surface area contributed by atoms with E-state index in [2.05, 4.69) is 10.3 Å². The highest BCUT2D eigenvalue weighted by Crippen LogP contribution is 2.28. The summed E-state index contributed by atoms with van der Waals surface area (Å²) < 4.78 is 0. The van der Waals surface area contributed by atoms with Crippen molar-refractivity contribution in [2.24, 2.45) is 5.92 Å². The van der Waals surface area contributed by atoms with Crippen LogP contribution < -0.4 is 10.2 Å². The highest BCUT2D eigenvalue weighted by molar-refractivity contribution is 6.08. The van der Waals surface area contributed by atoms with Crippen LogP contribution in [0.3, 0.4) is 0 Å². The number of nitrogens with one attached hydrogen (secondary N) is 1. The maximum Gasteiger partial charge on any atom is 0.250 e. The molecule has 1 aromatic rings. The Morgan fingerprint density at radius 3 is 2.48 bits per heavy atom. The van der Waals surface area contributed by atoms with Crippen molar-refractivity contribution < 1.29 is 9.59 Å². The molecule has 2 rings (SSSR count). The Hall–Kier alpha value is -1.91. The number of nitrogens with zero attached hydrogens (tertiary/aromatic N) is 2. The zero-order valence-electron chi connectivity index (χ0n) is 13.3. The molecule has 1 N–H and O–H groups in total. The average Bonchev–Trinajstić information content (AvgIpc) is 2.40. The molecule has 0 bridgehead atoms. The Kier molecular flexibility index (Phi) is 4.30. The SMILES string of the molecule is CCC1NC(=O)C(C(C)C)N(c2ccc(C)nc2C)C1=O. The van der Waals surface area contributed by atoms with Crippen molar-refractivity contribution in [3.8, 4) is 0 Å². The second-order valence-electron chi connectivity index (χ2n) is 5.92. The van der Waals surface area contributed by atoms with Gasteiger partial charge < -0.3 is 5.32 Å². The molecule has 2 unspecified atom stereocenters. The fourth-order valence-corrected chi connectivity index (χ4v) is 2.82. The van der Waals surface area contributed by atoms with E-state index in [4.69, 9.17) is 0 Å². The number of carbonyl (C=O) groups excluding carboxylic acids is 2. The van der Waals surface area contributed by atoms with E-state index in [0.717, 1.165) is 17.1 Å². The van der Waals surface area contributed by atoms with Crippen LogP contribution in [0.2, 0.25) is 0 Å². The van der Waals surface area contributed by atoms with Gasteiger partial charge in [0.2, 0.25) is 11.8 Å². The van der Waals surface area contributed by atoms with Gasteiger partial charge in [-0.2, -0.15) is 0 Å². The molecule has 0 aliphatic carbocycles. The third-order valence-electron chi connectivity index (χ3n) is 3.90. The number of amides is 2. The van der Waals surface area contributed by atoms with Gasteiger partial charge in [0.15, 0.2) is 0 Å². The Labute approximate surface area is 125 Å². The number of hydrogen-bond donors (Lipinski definition) is 1. The fourth-order valence-electron chi connectivity index (χ4n) is 2.82. The predicted molar refractivity (Wildman–Crippen MR) is 82.0 cm³/mol. The van der Waals surface area contributed by atoms with Gasteiger partial charge in [0.05, 0.1) is 11.4 Å². The summed E-state index contributed by atoms with van der Waals surface area (Å²) in [6, 6.07) is 2.83. The van der Waals surface area contributed by atoms with Crippen LogP contribution in [-0.2, 0) is 9.59 Å². The van der Waals surface area contributed by atoms with Crippen LogP contribution in [0.1, 0.15) is 38.6 Å². The molecule has 0 radical (unpaired) electrons. The summed E-state index contributed by atoms with van der Waals surface area (Å²) in [7, 11) is 0. The smallest absolute Gasteiger partial charge is 0.250 e. The van der Waals surface area contributed by atoms with Crippen LogP contribution in [-0.4, -0.2) is 28.9 Å². The molecule has 5 heteroatoms. The first-order valence-corrected chi connectivity index (χ1v) is 7.44. The van der Waals surface area contributed by atoms with Crippen molar-refractivity contribution in [2.45, 2.75) is 53.1 Å². The third-order valence-corrected chi connectivity index (χ3v) is 3.90. The number of anilines is 1. The van der Waals surface area contributed by atoms with Crippen molar-refractivity contribution in [3.05, 3.63) is 23.5 Å². The van der Waals surface area contributed by atoms with E-state index in [-0.39, 0.29) is 17.7 Å². The Balaban J connectivity index is 2.52. The quantitative estimate of drug-likeness (QED) is 0.925. The number of pyridine rings is 1. The van der Waals surface area contributed by atoms with Crippen LogP contribution in [0, 0.1) is 19.8 Å². The van der Waals surface area contributed by atoms with Crippen LogP contribution in [0.25, 0.3) is 0 Å². The maximum absolute atomic E-state index is 12.7. The molecule has 5 nitrogen and oxygen atoms in total. The van der Waals surface area contributed by atoms with E-state index >= 15 is 0 Å². The maximum atomic E-state index is 12.7. The first-order valence-electron chi connectivity index (χ1n) is 7.44. The number of carbonyl (C=O) groups is 2. The molecular weight excluding hydrogens is 266 g/mol.